The van der Waals surface area contributed by atoms with Crippen LogP contribution in [-0.2, 0) is 11.3 Å². The van der Waals surface area contributed by atoms with Crippen LogP contribution in [0.5, 0.6) is 11.5 Å². The highest BCUT2D eigenvalue weighted by atomic mass is 19.4. The molecular formula is C30H28F3N5O2. The van der Waals surface area contributed by atoms with E-state index in [1.807, 2.05) is 28.9 Å². The maximum atomic E-state index is 13.3. The fraction of sp³-hybridized carbons (Fsp3) is 0.300. The second-order valence-corrected chi connectivity index (χ2v) is 10.0. The highest BCUT2D eigenvalue weighted by Gasteiger charge is 2.37. The van der Waals surface area contributed by atoms with E-state index >= 15 is 0 Å². The zero-order chi connectivity index (χ0) is 27.7. The van der Waals surface area contributed by atoms with Gasteiger partial charge < -0.3 is 15.2 Å². The Kier molecular flexibility index (Phi) is 6.91. The van der Waals surface area contributed by atoms with E-state index in [0.717, 1.165) is 35.1 Å². The van der Waals surface area contributed by atoms with E-state index < -0.39 is 11.7 Å². The normalized spacial score (nSPS) is 16.2. The zero-order valence-electron chi connectivity index (χ0n) is 21.7. The fourth-order valence-corrected chi connectivity index (χ4v) is 5.32. The third-order valence-electron chi connectivity index (χ3n) is 7.26. The molecule has 10 heteroatoms. The van der Waals surface area contributed by atoms with E-state index in [-0.39, 0.29) is 12.4 Å². The molecule has 0 unspecified atom stereocenters. The van der Waals surface area contributed by atoms with Crippen LogP contribution in [0.4, 0.5) is 19.0 Å². The number of ether oxygens (including phenoxy) is 2. The number of nitrogen functional groups attached to an aromatic ring is 1. The molecule has 7 nitrogen and oxygen atoms in total. The monoisotopic (exact) mass is 547 g/mol. The van der Waals surface area contributed by atoms with Crippen molar-refractivity contribution in [2.75, 3.05) is 5.73 Å². The maximum absolute atomic E-state index is 13.3. The molecule has 2 heterocycles. The summed E-state index contributed by atoms with van der Waals surface area (Å²) in [6.07, 6.45) is 5.05. The van der Waals surface area contributed by atoms with E-state index in [0.29, 0.717) is 41.8 Å². The summed E-state index contributed by atoms with van der Waals surface area (Å²) in [5.41, 5.74) is 8.57. The number of rotatable bonds is 7. The lowest BCUT2D eigenvalue weighted by atomic mass is 10.0. The topological polar surface area (TPSA) is 88.1 Å². The number of halogens is 3. The number of alkyl halides is 3. The van der Waals surface area contributed by atoms with Gasteiger partial charge in [-0.05, 0) is 73.7 Å². The molecule has 0 bridgehead atoms. The number of nitrogens with two attached hydrogens (primary N) is 1. The van der Waals surface area contributed by atoms with E-state index in [9.17, 15) is 13.2 Å². The lowest BCUT2D eigenvalue weighted by Gasteiger charge is -2.19. The van der Waals surface area contributed by atoms with Gasteiger partial charge in [-0.25, -0.2) is 14.6 Å². The summed E-state index contributed by atoms with van der Waals surface area (Å²) < 4.78 is 53.5. The van der Waals surface area contributed by atoms with Crippen LogP contribution in [0.1, 0.15) is 50.1 Å². The first-order valence-corrected chi connectivity index (χ1v) is 13.3. The number of allylic oxidation sites excluding steroid dienone is 3. The number of nitrogens with zero attached hydrogens (tertiary/aromatic N) is 4. The molecule has 0 radical (unpaired) electrons. The Morgan fingerprint density at radius 2 is 1.73 bits per heavy atom. The van der Waals surface area contributed by atoms with E-state index in [4.69, 9.17) is 20.3 Å². The first kappa shape index (κ1) is 25.9. The minimum absolute atomic E-state index is 0.00435. The van der Waals surface area contributed by atoms with Crippen LogP contribution in [0.15, 0.2) is 78.3 Å². The van der Waals surface area contributed by atoms with E-state index in [2.05, 4.69) is 9.97 Å². The van der Waals surface area contributed by atoms with Gasteiger partial charge in [0.2, 0.25) is 0 Å². The van der Waals surface area contributed by atoms with Crippen LogP contribution in [0.3, 0.4) is 0 Å². The number of benzene rings is 2. The molecule has 0 saturated heterocycles. The van der Waals surface area contributed by atoms with Crippen LogP contribution >= 0.6 is 0 Å². The van der Waals surface area contributed by atoms with Crippen LogP contribution in [0.25, 0.3) is 22.3 Å². The third-order valence-corrected chi connectivity index (χ3v) is 7.26. The van der Waals surface area contributed by atoms with Crippen molar-refractivity contribution in [3.8, 4) is 22.8 Å². The minimum Gasteiger partial charge on any atom is -0.489 e. The summed E-state index contributed by atoms with van der Waals surface area (Å²) in [7, 11) is 0. The molecule has 2 N–H and O–H groups in total. The number of aromatic nitrogens is 4. The summed E-state index contributed by atoms with van der Waals surface area (Å²) in [6, 6.07) is 14.9. The number of hydrogen-bond acceptors (Lipinski definition) is 6. The van der Waals surface area contributed by atoms with Gasteiger partial charge in [-0.1, -0.05) is 31.1 Å². The maximum Gasteiger partial charge on any atom is 0.419 e. The fourth-order valence-electron chi connectivity index (χ4n) is 5.32. The van der Waals surface area contributed by atoms with Gasteiger partial charge in [0.25, 0.3) is 0 Å². The summed E-state index contributed by atoms with van der Waals surface area (Å²) in [5.74, 6) is 1.41. The molecule has 0 amide bonds. The van der Waals surface area contributed by atoms with Crippen LogP contribution < -0.4 is 10.5 Å². The molecule has 4 aromatic rings. The van der Waals surface area contributed by atoms with Gasteiger partial charge in [-0.3, -0.25) is 0 Å². The molecule has 2 aliphatic rings. The van der Waals surface area contributed by atoms with Crippen molar-refractivity contribution in [2.45, 2.75) is 57.3 Å². The van der Waals surface area contributed by atoms with Crippen molar-refractivity contribution in [3.63, 3.8) is 0 Å². The summed E-state index contributed by atoms with van der Waals surface area (Å²) in [4.78, 5) is 8.68. The average molecular weight is 548 g/mol. The molecular weight excluding hydrogens is 519 g/mol. The van der Waals surface area contributed by atoms with Crippen molar-refractivity contribution in [2.24, 2.45) is 0 Å². The van der Waals surface area contributed by atoms with Crippen molar-refractivity contribution in [1.82, 2.24) is 19.7 Å². The third kappa shape index (κ3) is 5.25. The molecule has 2 aromatic heterocycles. The van der Waals surface area contributed by atoms with Crippen molar-refractivity contribution >= 4 is 16.9 Å². The van der Waals surface area contributed by atoms with Gasteiger partial charge in [0.05, 0.1) is 17.0 Å². The minimum atomic E-state index is -4.44. The lowest BCUT2D eigenvalue weighted by Crippen LogP contribution is -2.17. The average Bonchev–Trinajstić information content (AvgIpc) is 3.61. The van der Waals surface area contributed by atoms with Gasteiger partial charge in [0, 0.05) is 5.56 Å². The Morgan fingerprint density at radius 3 is 2.50 bits per heavy atom. The largest absolute Gasteiger partial charge is 0.489 e. The molecule has 1 fully saturated rings. The van der Waals surface area contributed by atoms with Gasteiger partial charge in [-0.2, -0.15) is 18.3 Å². The van der Waals surface area contributed by atoms with Crippen molar-refractivity contribution < 1.29 is 22.6 Å². The molecule has 2 aromatic carbocycles. The highest BCUT2D eigenvalue weighted by Crippen LogP contribution is 2.38. The molecule has 40 heavy (non-hydrogen) atoms. The summed E-state index contributed by atoms with van der Waals surface area (Å²) in [6.45, 7) is -0.00435. The number of anilines is 1. The predicted octanol–water partition coefficient (Wildman–Crippen LogP) is 7.67. The Morgan fingerprint density at radius 1 is 0.950 bits per heavy atom. The SMILES string of the molecule is Nc1ncnc2c1c(-c1ccc(Oc3cccc(COC4=CCCC=C4C(F)(F)F)c3)cc1)nn2C1CCCC1. The van der Waals surface area contributed by atoms with Gasteiger partial charge in [0.15, 0.2) is 5.65 Å². The lowest BCUT2D eigenvalue weighted by molar-refractivity contribution is -0.0948. The molecule has 6 rings (SSSR count). The molecule has 0 aliphatic heterocycles. The molecule has 206 valence electrons. The predicted molar refractivity (Wildman–Crippen MR) is 145 cm³/mol. The number of hydrogen-bond donors (Lipinski definition) is 1. The summed E-state index contributed by atoms with van der Waals surface area (Å²) in [5, 5.41) is 5.65. The Bertz CT molecular complexity index is 1590. The quantitative estimate of drug-likeness (QED) is 0.256. The zero-order valence-corrected chi connectivity index (χ0v) is 21.7. The van der Waals surface area contributed by atoms with Crippen LogP contribution in [0.2, 0.25) is 0 Å². The molecule has 2 aliphatic carbocycles. The molecule has 0 spiro atoms. The first-order chi connectivity index (χ1) is 19.4. The first-order valence-electron chi connectivity index (χ1n) is 13.3. The second kappa shape index (κ2) is 10.7. The standard InChI is InChI=1S/C30H28F3N5O2/c31-30(32,33)24-10-3-4-11-25(24)39-17-19-6-5-9-23(16-19)40-22-14-12-20(13-15-22)27-26-28(34)35-18-36-29(26)38(37-27)21-7-1-2-8-21/h5-6,9-16,18,21H,1-4,7-8,17H2,(H2,34,35,36). The number of fused-ring (bicyclic) bond motifs is 1. The van der Waals surface area contributed by atoms with Gasteiger partial charge in [0.1, 0.15) is 41.7 Å². The Balaban J connectivity index is 1.18. The van der Waals surface area contributed by atoms with Gasteiger partial charge >= 0.3 is 6.18 Å². The second-order valence-electron chi connectivity index (χ2n) is 10.0. The van der Waals surface area contributed by atoms with Crippen LogP contribution in [0, 0.1) is 0 Å². The van der Waals surface area contributed by atoms with Gasteiger partial charge in [-0.15, -0.1) is 0 Å². The Hall–Kier alpha value is -4.34. The van der Waals surface area contributed by atoms with Crippen molar-refractivity contribution in [1.29, 1.82) is 0 Å². The Labute approximate surface area is 229 Å². The van der Waals surface area contributed by atoms with Crippen molar-refractivity contribution in [3.05, 3.63) is 83.9 Å². The van der Waals surface area contributed by atoms with E-state index in [1.54, 1.807) is 24.3 Å². The highest BCUT2D eigenvalue weighted by molar-refractivity contribution is 5.98. The van der Waals surface area contributed by atoms with E-state index in [1.165, 1.54) is 31.3 Å². The van der Waals surface area contributed by atoms with Crippen LogP contribution in [-0.4, -0.2) is 25.9 Å². The molecule has 0 atom stereocenters. The molecule has 1 saturated carbocycles. The smallest absolute Gasteiger partial charge is 0.419 e. The summed E-state index contributed by atoms with van der Waals surface area (Å²) >= 11 is 0.